The molecule has 0 bridgehead atoms. The summed E-state index contributed by atoms with van der Waals surface area (Å²) in [4.78, 5) is 4.22. The molecule has 0 aliphatic carbocycles. The smallest absolute Gasteiger partial charge is 0.154 e. The van der Waals surface area contributed by atoms with Gasteiger partial charge in [0.05, 0.1) is 6.61 Å². The summed E-state index contributed by atoms with van der Waals surface area (Å²) in [5, 5.41) is 0.631. The molecule has 2 N–H and O–H groups in total. The number of amidine groups is 1. The third kappa shape index (κ3) is 5.66. The molecular weight excluding hydrogens is 220 g/mol. The van der Waals surface area contributed by atoms with Gasteiger partial charge >= 0.3 is 0 Å². The molecule has 0 unspecified atom stereocenters. The third-order valence-electron chi connectivity index (χ3n) is 1.73. The van der Waals surface area contributed by atoms with Gasteiger partial charge in [-0.1, -0.05) is 30.0 Å². The minimum Gasteiger partial charge on any atom is -0.493 e. The lowest BCUT2D eigenvalue weighted by Gasteiger charge is -2.05. The number of ether oxygens (including phenoxy) is 1. The van der Waals surface area contributed by atoms with Crippen LogP contribution in [0.15, 0.2) is 35.3 Å². The number of hydrogen-bond acceptors (Lipinski definition) is 3. The molecule has 0 amide bonds. The van der Waals surface area contributed by atoms with E-state index in [1.54, 1.807) is 0 Å². The molecule has 0 aliphatic rings. The van der Waals surface area contributed by atoms with Crippen molar-refractivity contribution in [2.45, 2.75) is 19.9 Å². The van der Waals surface area contributed by atoms with E-state index in [0.717, 1.165) is 11.5 Å². The second kappa shape index (κ2) is 7.17. The van der Waals surface area contributed by atoms with Crippen LogP contribution >= 0.6 is 11.8 Å². The molecule has 0 heterocycles. The zero-order valence-electron chi connectivity index (χ0n) is 9.72. The van der Waals surface area contributed by atoms with Gasteiger partial charge in [0.25, 0.3) is 0 Å². The van der Waals surface area contributed by atoms with Crippen LogP contribution in [0, 0.1) is 0 Å². The summed E-state index contributed by atoms with van der Waals surface area (Å²) in [6.07, 6.45) is 0. The lowest BCUT2D eigenvalue weighted by molar-refractivity contribution is 0.344. The fraction of sp³-hybridized carbons (Fsp3) is 0.417. The van der Waals surface area contributed by atoms with Gasteiger partial charge in [-0.25, -0.2) is 0 Å². The summed E-state index contributed by atoms with van der Waals surface area (Å²) >= 11 is 1.53. The van der Waals surface area contributed by atoms with E-state index in [1.807, 2.05) is 44.2 Å². The molecule has 0 fully saturated rings. The Hall–Kier alpha value is -1.16. The Labute approximate surface area is 101 Å². The first-order valence-electron chi connectivity index (χ1n) is 5.32. The Bertz CT molecular complexity index is 325. The van der Waals surface area contributed by atoms with Gasteiger partial charge < -0.3 is 10.5 Å². The quantitative estimate of drug-likeness (QED) is 0.487. The number of nitrogens with zero attached hydrogens (tertiary/aromatic N) is 1. The van der Waals surface area contributed by atoms with Crippen molar-refractivity contribution in [1.29, 1.82) is 0 Å². The highest BCUT2D eigenvalue weighted by molar-refractivity contribution is 8.13. The largest absolute Gasteiger partial charge is 0.493 e. The van der Waals surface area contributed by atoms with Gasteiger partial charge in [0.15, 0.2) is 5.17 Å². The lowest BCUT2D eigenvalue weighted by atomic mass is 10.3. The van der Waals surface area contributed by atoms with Gasteiger partial charge in [0.1, 0.15) is 5.75 Å². The van der Waals surface area contributed by atoms with Crippen LogP contribution in [0.3, 0.4) is 0 Å². The predicted molar refractivity (Wildman–Crippen MR) is 71.2 cm³/mol. The summed E-state index contributed by atoms with van der Waals surface area (Å²) in [6.45, 7) is 4.66. The average Bonchev–Trinajstić information content (AvgIpc) is 2.25. The summed E-state index contributed by atoms with van der Waals surface area (Å²) < 4.78 is 5.53. The highest BCUT2D eigenvalue weighted by Gasteiger charge is 1.97. The van der Waals surface area contributed by atoms with E-state index in [9.17, 15) is 0 Å². The predicted octanol–water partition coefficient (Wildman–Crippen LogP) is 2.52. The fourth-order valence-corrected chi connectivity index (χ4v) is 1.78. The van der Waals surface area contributed by atoms with E-state index >= 15 is 0 Å². The van der Waals surface area contributed by atoms with Crippen LogP contribution in [0.2, 0.25) is 0 Å². The Morgan fingerprint density at radius 1 is 1.38 bits per heavy atom. The minimum atomic E-state index is 0.252. The maximum atomic E-state index is 5.71. The summed E-state index contributed by atoms with van der Waals surface area (Å²) in [5.74, 6) is 1.71. The normalized spacial score (nSPS) is 11.8. The number of thioether (sulfide) groups is 1. The topological polar surface area (TPSA) is 47.6 Å². The highest BCUT2D eigenvalue weighted by Crippen LogP contribution is 2.09. The van der Waals surface area contributed by atoms with Crippen LogP contribution in [0.25, 0.3) is 0 Å². The first-order valence-corrected chi connectivity index (χ1v) is 6.31. The van der Waals surface area contributed by atoms with Crippen LogP contribution in [-0.2, 0) is 0 Å². The van der Waals surface area contributed by atoms with Gasteiger partial charge in [-0.3, -0.25) is 4.99 Å². The summed E-state index contributed by atoms with van der Waals surface area (Å²) in [6, 6.07) is 10.0. The number of aliphatic imine (C=N–C) groups is 1. The SMILES string of the molecule is CC(C)N=C(N)SCCOc1ccccc1. The van der Waals surface area contributed by atoms with Gasteiger partial charge in [0.2, 0.25) is 0 Å². The van der Waals surface area contributed by atoms with Crippen LogP contribution in [0.1, 0.15) is 13.8 Å². The molecule has 0 aromatic heterocycles. The molecule has 1 rings (SSSR count). The van der Waals surface area contributed by atoms with Crippen molar-refractivity contribution in [3.8, 4) is 5.75 Å². The minimum absolute atomic E-state index is 0.252. The maximum Gasteiger partial charge on any atom is 0.154 e. The van der Waals surface area contributed by atoms with E-state index in [1.165, 1.54) is 11.8 Å². The second-order valence-electron chi connectivity index (χ2n) is 3.57. The van der Waals surface area contributed by atoms with Gasteiger partial charge in [-0.2, -0.15) is 0 Å². The highest BCUT2D eigenvalue weighted by atomic mass is 32.2. The van der Waals surface area contributed by atoms with Crippen molar-refractivity contribution in [2.75, 3.05) is 12.4 Å². The summed E-state index contributed by atoms with van der Waals surface area (Å²) in [5.41, 5.74) is 5.71. The standard InChI is InChI=1S/C12H18N2OS/c1-10(2)14-12(13)16-9-8-15-11-6-4-3-5-7-11/h3-7,10H,8-9H2,1-2H3,(H2,13,14). The molecule has 0 radical (unpaired) electrons. The van der Waals surface area contributed by atoms with Crippen LogP contribution < -0.4 is 10.5 Å². The molecule has 4 heteroatoms. The number of para-hydroxylation sites is 1. The van der Waals surface area contributed by atoms with Crippen LogP contribution in [0.5, 0.6) is 5.75 Å². The molecule has 0 saturated heterocycles. The van der Waals surface area contributed by atoms with Gasteiger partial charge in [0, 0.05) is 11.8 Å². The van der Waals surface area contributed by atoms with Crippen LogP contribution in [0.4, 0.5) is 0 Å². The molecule has 0 atom stereocenters. The van der Waals surface area contributed by atoms with Gasteiger partial charge in [-0.15, -0.1) is 0 Å². The number of hydrogen-bond donors (Lipinski definition) is 1. The van der Waals surface area contributed by atoms with Crippen LogP contribution in [-0.4, -0.2) is 23.6 Å². The molecule has 0 spiro atoms. The Morgan fingerprint density at radius 3 is 2.69 bits per heavy atom. The van der Waals surface area contributed by atoms with Gasteiger partial charge in [-0.05, 0) is 26.0 Å². The van der Waals surface area contributed by atoms with E-state index in [0.29, 0.717) is 11.8 Å². The molecule has 0 aliphatic heterocycles. The molecule has 1 aromatic rings. The van der Waals surface area contributed by atoms with Crippen molar-refractivity contribution in [3.05, 3.63) is 30.3 Å². The third-order valence-corrected chi connectivity index (χ3v) is 2.50. The average molecular weight is 238 g/mol. The number of benzene rings is 1. The molecule has 88 valence electrons. The Kier molecular flexibility index (Phi) is 5.78. The number of rotatable bonds is 5. The zero-order valence-corrected chi connectivity index (χ0v) is 10.5. The Balaban J connectivity index is 2.17. The molecule has 3 nitrogen and oxygen atoms in total. The molecule has 0 saturated carbocycles. The maximum absolute atomic E-state index is 5.71. The second-order valence-corrected chi connectivity index (χ2v) is 4.69. The Morgan fingerprint density at radius 2 is 2.06 bits per heavy atom. The van der Waals surface area contributed by atoms with E-state index < -0.39 is 0 Å². The van der Waals surface area contributed by atoms with E-state index in [4.69, 9.17) is 10.5 Å². The number of nitrogens with two attached hydrogens (primary N) is 1. The molecule has 16 heavy (non-hydrogen) atoms. The molecular formula is C12H18N2OS. The monoisotopic (exact) mass is 238 g/mol. The first kappa shape index (κ1) is 12.9. The first-order chi connectivity index (χ1) is 7.68. The fourth-order valence-electron chi connectivity index (χ4n) is 1.11. The van der Waals surface area contributed by atoms with Crippen molar-refractivity contribution < 1.29 is 4.74 Å². The summed E-state index contributed by atoms with van der Waals surface area (Å²) in [7, 11) is 0. The molecule has 1 aromatic carbocycles. The van der Waals surface area contributed by atoms with Crippen molar-refractivity contribution in [1.82, 2.24) is 0 Å². The zero-order chi connectivity index (χ0) is 11.8. The van der Waals surface area contributed by atoms with Crippen molar-refractivity contribution >= 4 is 16.9 Å². The van der Waals surface area contributed by atoms with E-state index in [2.05, 4.69) is 4.99 Å². The van der Waals surface area contributed by atoms with Crippen molar-refractivity contribution in [2.24, 2.45) is 10.7 Å². The van der Waals surface area contributed by atoms with Crippen molar-refractivity contribution in [3.63, 3.8) is 0 Å². The lowest BCUT2D eigenvalue weighted by Crippen LogP contribution is -2.12. The van der Waals surface area contributed by atoms with E-state index in [-0.39, 0.29) is 6.04 Å².